The Kier molecular flexibility index (Phi) is 4.75. The minimum Gasteiger partial charge on any atom is -0.497 e. The van der Waals surface area contributed by atoms with E-state index in [4.69, 9.17) is 10.5 Å². The molecule has 1 heterocycles. The van der Waals surface area contributed by atoms with E-state index >= 15 is 0 Å². The predicted molar refractivity (Wildman–Crippen MR) is 77.3 cm³/mol. The van der Waals surface area contributed by atoms with Crippen LogP contribution in [0.1, 0.15) is 5.56 Å². The first kappa shape index (κ1) is 13.4. The van der Waals surface area contributed by atoms with Gasteiger partial charge in [-0.15, -0.1) is 0 Å². The van der Waals surface area contributed by atoms with Gasteiger partial charge in [-0.2, -0.15) is 0 Å². The van der Waals surface area contributed by atoms with E-state index in [2.05, 4.69) is 16.0 Å². The maximum absolute atomic E-state index is 5.71. The summed E-state index contributed by atoms with van der Waals surface area (Å²) < 4.78 is 5.27. The number of pyridine rings is 1. The Balaban J connectivity index is 2.19. The molecule has 0 bridgehead atoms. The lowest BCUT2D eigenvalue weighted by Crippen LogP contribution is -2.28. The van der Waals surface area contributed by atoms with E-state index in [0.717, 1.165) is 24.5 Å². The molecule has 0 atom stereocenters. The summed E-state index contributed by atoms with van der Waals surface area (Å²) in [5.74, 6) is 0.856. The van der Waals surface area contributed by atoms with Gasteiger partial charge in [-0.3, -0.25) is 4.98 Å². The molecule has 1 aromatic carbocycles. The first-order valence-corrected chi connectivity index (χ1v) is 6.31. The highest BCUT2D eigenvalue weighted by Crippen LogP contribution is 2.22. The van der Waals surface area contributed by atoms with E-state index in [1.807, 2.05) is 42.7 Å². The van der Waals surface area contributed by atoms with Crippen molar-refractivity contribution in [3.8, 4) is 5.75 Å². The van der Waals surface area contributed by atoms with Crippen LogP contribution < -0.4 is 15.4 Å². The number of rotatable bonds is 6. The van der Waals surface area contributed by atoms with Crippen LogP contribution in [-0.4, -0.2) is 25.2 Å². The Morgan fingerprint density at radius 2 is 2.00 bits per heavy atom. The molecule has 0 saturated heterocycles. The standard InChI is InChI=1S/C15H19N3O/c1-19-15-4-2-3-14(11-15)18(10-7-16)12-13-5-8-17-9-6-13/h2-6,8-9,11H,7,10,12,16H2,1H3. The summed E-state index contributed by atoms with van der Waals surface area (Å²) in [4.78, 5) is 6.27. The van der Waals surface area contributed by atoms with Crippen LogP contribution in [0.5, 0.6) is 5.75 Å². The lowest BCUT2D eigenvalue weighted by molar-refractivity contribution is 0.414. The van der Waals surface area contributed by atoms with Gasteiger partial charge in [0.25, 0.3) is 0 Å². The van der Waals surface area contributed by atoms with Crippen LogP contribution in [0.3, 0.4) is 0 Å². The molecule has 0 spiro atoms. The van der Waals surface area contributed by atoms with Crippen molar-refractivity contribution in [2.75, 3.05) is 25.1 Å². The van der Waals surface area contributed by atoms with Gasteiger partial charge in [0.1, 0.15) is 5.75 Å². The number of aromatic nitrogens is 1. The molecule has 0 aliphatic rings. The zero-order valence-electron chi connectivity index (χ0n) is 11.1. The fourth-order valence-corrected chi connectivity index (χ4v) is 1.97. The van der Waals surface area contributed by atoms with Crippen LogP contribution >= 0.6 is 0 Å². The molecule has 4 heteroatoms. The van der Waals surface area contributed by atoms with Crippen molar-refractivity contribution in [3.05, 3.63) is 54.4 Å². The quantitative estimate of drug-likeness (QED) is 0.860. The molecule has 2 rings (SSSR count). The highest BCUT2D eigenvalue weighted by atomic mass is 16.5. The largest absolute Gasteiger partial charge is 0.497 e. The minimum absolute atomic E-state index is 0.613. The van der Waals surface area contributed by atoms with Crippen LogP contribution in [0.4, 0.5) is 5.69 Å². The number of nitrogens with two attached hydrogens (primary N) is 1. The third-order valence-corrected chi connectivity index (χ3v) is 2.94. The first-order chi connectivity index (χ1) is 9.33. The van der Waals surface area contributed by atoms with E-state index in [1.54, 1.807) is 7.11 Å². The van der Waals surface area contributed by atoms with E-state index in [9.17, 15) is 0 Å². The van der Waals surface area contributed by atoms with Gasteiger partial charge in [-0.25, -0.2) is 0 Å². The van der Waals surface area contributed by atoms with Gasteiger partial charge in [-0.1, -0.05) is 6.07 Å². The topological polar surface area (TPSA) is 51.4 Å². The summed E-state index contributed by atoms with van der Waals surface area (Å²) in [6.07, 6.45) is 3.61. The number of hydrogen-bond acceptors (Lipinski definition) is 4. The third-order valence-electron chi connectivity index (χ3n) is 2.94. The van der Waals surface area contributed by atoms with Crippen LogP contribution in [0.15, 0.2) is 48.8 Å². The summed E-state index contributed by atoms with van der Waals surface area (Å²) in [5, 5.41) is 0. The van der Waals surface area contributed by atoms with E-state index < -0.39 is 0 Å². The van der Waals surface area contributed by atoms with Crippen molar-refractivity contribution >= 4 is 5.69 Å². The number of ether oxygens (including phenoxy) is 1. The van der Waals surface area contributed by atoms with Gasteiger partial charge >= 0.3 is 0 Å². The zero-order valence-corrected chi connectivity index (χ0v) is 11.1. The number of anilines is 1. The maximum Gasteiger partial charge on any atom is 0.120 e. The second-order valence-electron chi connectivity index (χ2n) is 4.27. The van der Waals surface area contributed by atoms with Crippen LogP contribution in [0.2, 0.25) is 0 Å². The molecule has 0 aliphatic heterocycles. The van der Waals surface area contributed by atoms with Gasteiger partial charge in [0.15, 0.2) is 0 Å². The molecule has 2 aromatic rings. The Morgan fingerprint density at radius 1 is 1.21 bits per heavy atom. The highest BCUT2D eigenvalue weighted by molar-refractivity contribution is 5.51. The molecule has 0 aliphatic carbocycles. The molecule has 4 nitrogen and oxygen atoms in total. The monoisotopic (exact) mass is 257 g/mol. The molecule has 0 fully saturated rings. The molecular weight excluding hydrogens is 238 g/mol. The number of nitrogens with zero attached hydrogens (tertiary/aromatic N) is 2. The Labute approximate surface area is 113 Å². The Morgan fingerprint density at radius 3 is 2.68 bits per heavy atom. The SMILES string of the molecule is COc1cccc(N(CCN)Cc2ccncc2)c1. The molecule has 19 heavy (non-hydrogen) atoms. The minimum atomic E-state index is 0.613. The van der Waals surface area contributed by atoms with Gasteiger partial charge in [0.05, 0.1) is 7.11 Å². The second kappa shape index (κ2) is 6.75. The highest BCUT2D eigenvalue weighted by Gasteiger charge is 2.07. The summed E-state index contributed by atoms with van der Waals surface area (Å²) in [7, 11) is 1.68. The lowest BCUT2D eigenvalue weighted by atomic mass is 10.2. The van der Waals surface area contributed by atoms with Crippen molar-refractivity contribution in [2.24, 2.45) is 5.73 Å². The molecule has 0 unspecified atom stereocenters. The Hall–Kier alpha value is -2.07. The van der Waals surface area contributed by atoms with Crippen molar-refractivity contribution in [1.29, 1.82) is 0 Å². The van der Waals surface area contributed by atoms with E-state index in [0.29, 0.717) is 6.54 Å². The van der Waals surface area contributed by atoms with Crippen molar-refractivity contribution in [3.63, 3.8) is 0 Å². The molecule has 0 radical (unpaired) electrons. The van der Waals surface area contributed by atoms with Crippen molar-refractivity contribution in [1.82, 2.24) is 4.98 Å². The predicted octanol–water partition coefficient (Wildman–Crippen LogP) is 2.06. The first-order valence-electron chi connectivity index (χ1n) is 6.31. The molecule has 100 valence electrons. The summed E-state index contributed by atoms with van der Waals surface area (Å²) in [5.41, 5.74) is 8.03. The number of methoxy groups -OCH3 is 1. The van der Waals surface area contributed by atoms with Gasteiger partial charge in [-0.05, 0) is 29.8 Å². The smallest absolute Gasteiger partial charge is 0.120 e. The normalized spacial score (nSPS) is 10.2. The summed E-state index contributed by atoms with van der Waals surface area (Å²) >= 11 is 0. The second-order valence-corrected chi connectivity index (χ2v) is 4.27. The molecular formula is C15H19N3O. The van der Waals surface area contributed by atoms with Crippen molar-refractivity contribution < 1.29 is 4.74 Å². The van der Waals surface area contributed by atoms with E-state index in [-0.39, 0.29) is 0 Å². The van der Waals surface area contributed by atoms with Crippen LogP contribution in [0, 0.1) is 0 Å². The average molecular weight is 257 g/mol. The molecule has 0 amide bonds. The van der Waals surface area contributed by atoms with Crippen LogP contribution in [0.25, 0.3) is 0 Å². The fourth-order valence-electron chi connectivity index (χ4n) is 1.97. The van der Waals surface area contributed by atoms with Gasteiger partial charge in [0.2, 0.25) is 0 Å². The lowest BCUT2D eigenvalue weighted by Gasteiger charge is -2.24. The maximum atomic E-state index is 5.71. The zero-order chi connectivity index (χ0) is 13.5. The molecule has 1 aromatic heterocycles. The van der Waals surface area contributed by atoms with Gasteiger partial charge in [0, 0.05) is 43.8 Å². The van der Waals surface area contributed by atoms with Gasteiger partial charge < -0.3 is 15.4 Å². The van der Waals surface area contributed by atoms with Crippen molar-refractivity contribution in [2.45, 2.75) is 6.54 Å². The molecule has 0 saturated carbocycles. The van der Waals surface area contributed by atoms with E-state index in [1.165, 1.54) is 5.56 Å². The molecule has 2 N–H and O–H groups in total. The van der Waals surface area contributed by atoms with Crippen LogP contribution in [-0.2, 0) is 6.54 Å². The fraction of sp³-hybridized carbons (Fsp3) is 0.267. The number of hydrogen-bond donors (Lipinski definition) is 1. The third kappa shape index (κ3) is 3.69. The summed E-state index contributed by atoms with van der Waals surface area (Å²) in [6, 6.07) is 12.1. The number of benzene rings is 1. The summed E-state index contributed by atoms with van der Waals surface area (Å²) in [6.45, 7) is 2.23. The Bertz CT molecular complexity index is 502. The average Bonchev–Trinajstić information content (AvgIpc) is 2.48.